The van der Waals surface area contributed by atoms with Gasteiger partial charge in [0.15, 0.2) is 0 Å². The number of aryl methyl sites for hydroxylation is 1. The summed E-state index contributed by atoms with van der Waals surface area (Å²) < 4.78 is 42.8. The van der Waals surface area contributed by atoms with Crippen molar-refractivity contribution in [2.45, 2.75) is 33.3 Å². The molecular weight excluding hydrogens is 665 g/mol. The van der Waals surface area contributed by atoms with E-state index in [9.17, 15) is 12.8 Å². The number of thiazole rings is 1. The Morgan fingerprint density at radius 3 is 2.73 bits per heavy atom. The average Bonchev–Trinajstić information content (AvgIpc) is 3.47. The molecule has 0 aliphatic heterocycles. The highest BCUT2D eigenvalue weighted by Crippen LogP contribution is 2.33. The number of anilines is 2. The Morgan fingerprint density at radius 1 is 1.09 bits per heavy atom. The lowest BCUT2D eigenvalue weighted by Gasteiger charge is -2.12. The highest BCUT2D eigenvalue weighted by molar-refractivity contribution is 9.10. The molecule has 0 atom stereocenters. The van der Waals surface area contributed by atoms with Crippen molar-refractivity contribution < 1.29 is 17.5 Å². The number of hydrogen-bond donors (Lipinski definition) is 2. The molecular formula is C32H31BrFN5O3S2. The second-order valence-corrected chi connectivity index (χ2v) is 13.2. The average molecular weight is 697 g/mol. The van der Waals surface area contributed by atoms with Crippen molar-refractivity contribution in [3.63, 3.8) is 0 Å². The predicted molar refractivity (Wildman–Crippen MR) is 179 cm³/mol. The van der Waals surface area contributed by atoms with Crippen molar-refractivity contribution in [1.82, 2.24) is 20.3 Å². The highest BCUT2D eigenvalue weighted by Gasteiger charge is 2.12. The third-order valence-electron chi connectivity index (χ3n) is 6.86. The summed E-state index contributed by atoms with van der Waals surface area (Å²) in [6, 6.07) is 18.0. The number of halogens is 2. The maximum Gasteiger partial charge on any atom is 0.214 e. The number of benzene rings is 3. The van der Waals surface area contributed by atoms with Crippen LogP contribution in [0.2, 0.25) is 0 Å². The molecule has 0 amide bonds. The van der Waals surface area contributed by atoms with E-state index in [1.165, 1.54) is 18.5 Å². The molecule has 2 aromatic heterocycles. The van der Waals surface area contributed by atoms with Gasteiger partial charge in [-0.2, -0.15) is 8.42 Å². The predicted octanol–water partition coefficient (Wildman–Crippen LogP) is 7.21. The number of ether oxygens (including phenoxy) is 1. The van der Waals surface area contributed by atoms with E-state index in [2.05, 4.69) is 36.5 Å². The Balaban J connectivity index is 1.23. The number of aromatic nitrogens is 3. The molecule has 3 aromatic carbocycles. The van der Waals surface area contributed by atoms with Crippen LogP contribution in [-0.2, 0) is 23.3 Å². The quantitative estimate of drug-likeness (QED) is 0.0984. The molecule has 8 nitrogen and oxygen atoms in total. The zero-order valence-electron chi connectivity index (χ0n) is 24.2. The molecule has 2 N–H and O–H groups in total. The van der Waals surface area contributed by atoms with Crippen LogP contribution in [0.4, 0.5) is 15.9 Å². The lowest BCUT2D eigenvalue weighted by atomic mass is 10.1. The summed E-state index contributed by atoms with van der Waals surface area (Å²) in [6.07, 6.45) is 3.19. The molecule has 5 aromatic rings. The number of rotatable bonds is 13. The van der Waals surface area contributed by atoms with Gasteiger partial charge in [-0.1, -0.05) is 32.0 Å². The van der Waals surface area contributed by atoms with Crippen LogP contribution in [0, 0.1) is 11.7 Å². The fraction of sp³-hybridized carbons (Fsp3) is 0.250. The van der Waals surface area contributed by atoms with Crippen molar-refractivity contribution in [1.29, 1.82) is 0 Å². The Morgan fingerprint density at radius 2 is 1.95 bits per heavy atom. The molecule has 5 rings (SSSR count). The van der Waals surface area contributed by atoms with Gasteiger partial charge >= 0.3 is 0 Å². The molecule has 12 heteroatoms. The Labute approximate surface area is 269 Å². The van der Waals surface area contributed by atoms with Crippen LogP contribution in [0.1, 0.15) is 30.8 Å². The molecule has 0 aliphatic rings. The van der Waals surface area contributed by atoms with E-state index in [1.807, 2.05) is 61.7 Å². The van der Waals surface area contributed by atoms with Gasteiger partial charge < -0.3 is 15.4 Å². The minimum absolute atomic E-state index is 0.00767. The molecule has 0 spiro atoms. The second-order valence-electron chi connectivity index (χ2n) is 10.4. The van der Waals surface area contributed by atoms with E-state index in [0.717, 1.165) is 55.7 Å². The molecule has 0 radical (unpaired) electrons. The molecule has 44 heavy (non-hydrogen) atoms. The zero-order chi connectivity index (χ0) is 31.1. The van der Waals surface area contributed by atoms with E-state index in [1.54, 1.807) is 17.4 Å². The summed E-state index contributed by atoms with van der Waals surface area (Å²) in [5, 5.41) is 10.5. The van der Waals surface area contributed by atoms with Crippen LogP contribution in [0.5, 0.6) is 5.75 Å². The highest BCUT2D eigenvalue weighted by atomic mass is 79.9. The van der Waals surface area contributed by atoms with Crippen LogP contribution in [0.3, 0.4) is 0 Å². The second kappa shape index (κ2) is 14.8. The van der Waals surface area contributed by atoms with Gasteiger partial charge in [-0.15, -0.1) is 11.3 Å². The van der Waals surface area contributed by atoms with Gasteiger partial charge in [0.05, 0.1) is 25.6 Å². The maximum absolute atomic E-state index is 13.5. The third-order valence-corrected chi connectivity index (χ3v) is 9.43. The van der Waals surface area contributed by atoms with E-state index < -0.39 is 10.3 Å². The van der Waals surface area contributed by atoms with Crippen molar-refractivity contribution in [3.8, 4) is 17.0 Å². The van der Waals surface area contributed by atoms with Crippen molar-refractivity contribution in [3.05, 3.63) is 93.2 Å². The van der Waals surface area contributed by atoms with Crippen molar-refractivity contribution in [2.75, 3.05) is 18.4 Å². The van der Waals surface area contributed by atoms with Crippen LogP contribution in [-0.4, -0.2) is 41.3 Å². The van der Waals surface area contributed by atoms with Gasteiger partial charge in [0.25, 0.3) is 0 Å². The van der Waals surface area contributed by atoms with Crippen molar-refractivity contribution in [2.24, 2.45) is 5.92 Å². The topological polar surface area (TPSA) is 106 Å². The van der Waals surface area contributed by atoms with Crippen LogP contribution in [0.25, 0.3) is 22.2 Å². The van der Waals surface area contributed by atoms with Crippen LogP contribution in [0.15, 0.2) is 76.8 Å². The lowest BCUT2D eigenvalue weighted by Crippen LogP contribution is -2.28. The Kier molecular flexibility index (Phi) is 10.7. The molecule has 0 saturated heterocycles. The summed E-state index contributed by atoms with van der Waals surface area (Å²) >= 11 is 5.19. The zero-order valence-corrected chi connectivity index (χ0v) is 27.4. The molecule has 0 unspecified atom stereocenters. The van der Waals surface area contributed by atoms with E-state index in [4.69, 9.17) is 9.72 Å². The Bertz CT molecular complexity index is 1910. The molecule has 0 saturated carbocycles. The SMILES string of the molecule is CC(C)C(CNCCCc1nc(-c2ccc3ncnc(Nc4ccc(OCc5cccc(F)c5)c(Br)c4)c3c2)cs1)=S(=O)=O. The summed E-state index contributed by atoms with van der Waals surface area (Å²) in [5.41, 5.74) is 4.21. The third kappa shape index (κ3) is 8.26. The summed E-state index contributed by atoms with van der Waals surface area (Å²) in [7, 11) is -2.16. The number of fused-ring (bicyclic) bond motifs is 1. The van der Waals surface area contributed by atoms with Gasteiger partial charge in [0, 0.05) is 35.0 Å². The van der Waals surface area contributed by atoms with E-state index in [-0.39, 0.29) is 18.3 Å². The van der Waals surface area contributed by atoms with Gasteiger partial charge in [0.1, 0.15) is 30.3 Å². The monoisotopic (exact) mass is 695 g/mol. The molecule has 2 heterocycles. The molecule has 0 fully saturated rings. The van der Waals surface area contributed by atoms with Crippen LogP contribution >= 0.6 is 27.3 Å². The normalized spacial score (nSPS) is 11.2. The summed E-state index contributed by atoms with van der Waals surface area (Å²) in [6.45, 7) is 5.10. The first-order valence-electron chi connectivity index (χ1n) is 14.1. The fourth-order valence-electron chi connectivity index (χ4n) is 4.53. The maximum atomic E-state index is 13.5. The van der Waals surface area contributed by atoms with Crippen LogP contribution < -0.4 is 15.4 Å². The van der Waals surface area contributed by atoms with E-state index >= 15 is 0 Å². The first kappa shape index (κ1) is 31.7. The number of nitrogens with one attached hydrogen (secondary N) is 2. The molecule has 0 bridgehead atoms. The molecule has 228 valence electrons. The lowest BCUT2D eigenvalue weighted by molar-refractivity contribution is 0.303. The number of hydrogen-bond acceptors (Lipinski definition) is 9. The fourth-order valence-corrected chi connectivity index (χ4v) is 6.47. The van der Waals surface area contributed by atoms with Gasteiger partial charge in [0.2, 0.25) is 10.3 Å². The van der Waals surface area contributed by atoms with Crippen molar-refractivity contribution >= 4 is 64.8 Å². The van der Waals surface area contributed by atoms with Gasteiger partial charge in [-0.05, 0) is 82.8 Å². The van der Waals surface area contributed by atoms with Gasteiger partial charge in [-0.25, -0.2) is 19.3 Å². The Hall–Kier alpha value is -3.71. The summed E-state index contributed by atoms with van der Waals surface area (Å²) in [5.74, 6) is 1.00. The first-order chi connectivity index (χ1) is 21.3. The minimum atomic E-state index is -2.16. The van der Waals surface area contributed by atoms with Gasteiger partial charge in [-0.3, -0.25) is 0 Å². The standard InChI is InChI=1S/C32H31BrFN5O3S2/c1-20(2)30(44(40)41)16-35-12-4-7-31-39-28(18-43-31)22-8-10-27-25(14-22)32(37-19-36-27)38-24-9-11-29(26(33)15-24)42-17-21-5-3-6-23(34)13-21/h3,5-6,8-11,13-15,18-20,35H,4,7,12,16-17H2,1-2H3,(H,36,37,38). The smallest absolute Gasteiger partial charge is 0.214 e. The van der Waals surface area contributed by atoms with E-state index in [0.29, 0.717) is 29.5 Å². The minimum Gasteiger partial charge on any atom is -0.488 e. The first-order valence-corrected chi connectivity index (χ1v) is 16.8. The number of nitrogens with zero attached hydrogens (tertiary/aromatic N) is 3. The molecule has 0 aliphatic carbocycles. The summed E-state index contributed by atoms with van der Waals surface area (Å²) in [4.78, 5) is 14.3. The largest absolute Gasteiger partial charge is 0.488 e.